The van der Waals surface area contributed by atoms with Crippen molar-refractivity contribution < 1.29 is 28.6 Å². The molecule has 0 amide bonds. The monoisotopic (exact) mass is 1020 g/mol. The van der Waals surface area contributed by atoms with E-state index in [4.69, 9.17) is 14.2 Å². The van der Waals surface area contributed by atoms with Crippen LogP contribution in [0.1, 0.15) is 375 Å². The number of hydrogen-bond donors (Lipinski definition) is 0. The van der Waals surface area contributed by atoms with E-state index in [9.17, 15) is 14.4 Å². The molecule has 0 fully saturated rings. The predicted molar refractivity (Wildman–Crippen MR) is 312 cm³/mol. The number of esters is 3. The Balaban J connectivity index is 4.28. The first kappa shape index (κ1) is 70.4. The van der Waals surface area contributed by atoms with E-state index in [1.54, 1.807) is 0 Å². The van der Waals surface area contributed by atoms with Crippen molar-refractivity contribution in [1.29, 1.82) is 0 Å². The molecule has 6 heteroatoms. The first-order valence-electron chi connectivity index (χ1n) is 32.7. The molecule has 0 aromatic carbocycles. The molecule has 72 heavy (non-hydrogen) atoms. The standard InChI is InChI=1S/C66H128O6/c1-6-7-8-9-10-11-12-13-14-15-22-28-33-38-43-48-53-58-66(69)72-63(60-71-65(68)57-52-47-42-37-32-27-23-18-20-25-30-35-40-45-50-55-62(4)5)59-70-64(67)56-51-46-41-36-31-26-21-17-16-19-24-29-34-39-44-49-54-61(2)3/h61-63H,6-60H2,1-5H3/t63-/m1/s1. The van der Waals surface area contributed by atoms with Crippen molar-refractivity contribution in [3.63, 3.8) is 0 Å². The lowest BCUT2D eigenvalue weighted by Crippen LogP contribution is -2.30. The zero-order chi connectivity index (χ0) is 52.5. The van der Waals surface area contributed by atoms with Crippen LogP contribution in [0.3, 0.4) is 0 Å². The van der Waals surface area contributed by atoms with Gasteiger partial charge in [-0.05, 0) is 31.1 Å². The Hall–Kier alpha value is -1.59. The normalized spacial score (nSPS) is 12.0. The van der Waals surface area contributed by atoms with Crippen LogP contribution in [0.4, 0.5) is 0 Å². The summed E-state index contributed by atoms with van der Waals surface area (Å²) in [6.45, 7) is 11.5. The van der Waals surface area contributed by atoms with Gasteiger partial charge in [-0.2, -0.15) is 0 Å². The minimum atomic E-state index is -0.764. The van der Waals surface area contributed by atoms with Gasteiger partial charge >= 0.3 is 17.9 Å². The molecule has 0 aliphatic rings. The number of rotatable bonds is 60. The Morgan fingerprint density at radius 2 is 0.458 bits per heavy atom. The number of hydrogen-bond acceptors (Lipinski definition) is 6. The number of carbonyl (C=O) groups excluding carboxylic acids is 3. The van der Waals surface area contributed by atoms with E-state index in [2.05, 4.69) is 34.6 Å². The van der Waals surface area contributed by atoms with Gasteiger partial charge in [0.05, 0.1) is 0 Å². The van der Waals surface area contributed by atoms with Gasteiger partial charge < -0.3 is 14.2 Å². The van der Waals surface area contributed by atoms with Crippen LogP contribution in [-0.2, 0) is 28.6 Å². The number of ether oxygens (including phenoxy) is 3. The summed E-state index contributed by atoms with van der Waals surface area (Å²) in [6, 6.07) is 0. The highest BCUT2D eigenvalue weighted by Crippen LogP contribution is 2.19. The molecule has 0 heterocycles. The Morgan fingerprint density at radius 1 is 0.264 bits per heavy atom. The van der Waals surface area contributed by atoms with Gasteiger partial charge in [0.25, 0.3) is 0 Å². The van der Waals surface area contributed by atoms with E-state index in [1.807, 2.05) is 0 Å². The van der Waals surface area contributed by atoms with Gasteiger partial charge in [-0.3, -0.25) is 14.4 Å². The largest absolute Gasteiger partial charge is 0.462 e. The molecule has 0 rings (SSSR count). The smallest absolute Gasteiger partial charge is 0.306 e. The van der Waals surface area contributed by atoms with Crippen LogP contribution >= 0.6 is 0 Å². The molecule has 1 atom stereocenters. The van der Waals surface area contributed by atoms with Crippen LogP contribution in [0.15, 0.2) is 0 Å². The molecule has 0 aromatic heterocycles. The lowest BCUT2D eigenvalue weighted by molar-refractivity contribution is -0.167. The molecule has 0 N–H and O–H groups in total. The van der Waals surface area contributed by atoms with E-state index in [0.717, 1.165) is 69.6 Å². The van der Waals surface area contributed by atoms with E-state index in [-0.39, 0.29) is 31.1 Å². The van der Waals surface area contributed by atoms with Gasteiger partial charge in [0, 0.05) is 19.3 Å². The van der Waals surface area contributed by atoms with Crippen LogP contribution in [0.25, 0.3) is 0 Å². The van der Waals surface area contributed by atoms with Crippen molar-refractivity contribution in [2.45, 2.75) is 381 Å². The quantitative estimate of drug-likeness (QED) is 0.0343. The molecule has 0 saturated carbocycles. The highest BCUT2D eigenvalue weighted by Gasteiger charge is 2.19. The second kappa shape index (κ2) is 58.7. The van der Waals surface area contributed by atoms with Gasteiger partial charge in [0.2, 0.25) is 0 Å². The maximum Gasteiger partial charge on any atom is 0.306 e. The molecule has 6 nitrogen and oxygen atoms in total. The summed E-state index contributed by atoms with van der Waals surface area (Å²) in [5.74, 6) is 0.873. The molecule has 0 aromatic rings. The molecule has 0 spiro atoms. The Morgan fingerprint density at radius 3 is 0.681 bits per heavy atom. The number of unbranched alkanes of at least 4 members (excludes halogenated alkanes) is 45. The number of carbonyl (C=O) groups is 3. The third-order valence-corrected chi connectivity index (χ3v) is 15.2. The summed E-state index contributed by atoms with van der Waals surface area (Å²) in [7, 11) is 0. The molecule has 0 bridgehead atoms. The van der Waals surface area contributed by atoms with Crippen LogP contribution < -0.4 is 0 Å². The van der Waals surface area contributed by atoms with E-state index < -0.39 is 6.10 Å². The van der Waals surface area contributed by atoms with E-state index in [0.29, 0.717) is 19.3 Å². The average molecular weight is 1020 g/mol. The highest BCUT2D eigenvalue weighted by atomic mass is 16.6. The Kier molecular flexibility index (Phi) is 57.4. The molecule has 0 radical (unpaired) electrons. The maximum absolute atomic E-state index is 12.9. The average Bonchev–Trinajstić information content (AvgIpc) is 3.36. The Bertz CT molecular complexity index is 1100. The third kappa shape index (κ3) is 59.3. The van der Waals surface area contributed by atoms with E-state index >= 15 is 0 Å². The highest BCUT2D eigenvalue weighted by molar-refractivity contribution is 5.71. The van der Waals surface area contributed by atoms with Crippen molar-refractivity contribution in [3.05, 3.63) is 0 Å². The lowest BCUT2D eigenvalue weighted by Gasteiger charge is -2.18. The van der Waals surface area contributed by atoms with Crippen molar-refractivity contribution in [1.82, 2.24) is 0 Å². The second-order valence-corrected chi connectivity index (χ2v) is 23.7. The van der Waals surface area contributed by atoms with Gasteiger partial charge in [-0.1, -0.05) is 336 Å². The van der Waals surface area contributed by atoms with E-state index in [1.165, 1.54) is 263 Å². The zero-order valence-electron chi connectivity index (χ0n) is 49.6. The summed E-state index contributed by atoms with van der Waals surface area (Å²) in [5, 5.41) is 0. The molecule has 0 aliphatic heterocycles. The van der Waals surface area contributed by atoms with Crippen molar-refractivity contribution in [2.24, 2.45) is 11.8 Å². The summed E-state index contributed by atoms with van der Waals surface area (Å²) in [5.41, 5.74) is 0. The molecule has 428 valence electrons. The van der Waals surface area contributed by atoms with Crippen LogP contribution in [0.2, 0.25) is 0 Å². The van der Waals surface area contributed by atoms with Gasteiger partial charge in [0.1, 0.15) is 13.2 Å². The maximum atomic E-state index is 12.9. The first-order valence-corrected chi connectivity index (χ1v) is 32.7. The van der Waals surface area contributed by atoms with Crippen molar-refractivity contribution in [3.8, 4) is 0 Å². The van der Waals surface area contributed by atoms with Crippen LogP contribution in [0.5, 0.6) is 0 Å². The Labute approximate surface area is 450 Å². The lowest BCUT2D eigenvalue weighted by atomic mass is 10.0. The third-order valence-electron chi connectivity index (χ3n) is 15.2. The summed E-state index contributed by atoms with van der Waals surface area (Å²) >= 11 is 0. The fourth-order valence-corrected chi connectivity index (χ4v) is 10.3. The summed E-state index contributed by atoms with van der Waals surface area (Å²) in [6.07, 6.45) is 65.3. The van der Waals surface area contributed by atoms with Crippen molar-refractivity contribution >= 4 is 17.9 Å². The van der Waals surface area contributed by atoms with Crippen LogP contribution in [-0.4, -0.2) is 37.2 Å². The first-order chi connectivity index (χ1) is 35.2. The van der Waals surface area contributed by atoms with Gasteiger partial charge in [-0.15, -0.1) is 0 Å². The van der Waals surface area contributed by atoms with Gasteiger partial charge in [0.15, 0.2) is 6.10 Å². The molecule has 0 saturated heterocycles. The molecular weight excluding hydrogens is 889 g/mol. The second-order valence-electron chi connectivity index (χ2n) is 23.7. The predicted octanol–water partition coefficient (Wildman–Crippen LogP) is 22.0. The minimum Gasteiger partial charge on any atom is -0.462 e. The minimum absolute atomic E-state index is 0.0616. The summed E-state index contributed by atoms with van der Waals surface area (Å²) < 4.78 is 17.0. The SMILES string of the molecule is CCCCCCCCCCCCCCCCCCCC(=O)O[C@H](COC(=O)CCCCCCCCCCCCCCCCCCC(C)C)COC(=O)CCCCCCCCCCCCCCCCCC(C)C. The molecule has 0 aliphatic carbocycles. The summed E-state index contributed by atoms with van der Waals surface area (Å²) in [4.78, 5) is 38.4. The molecular formula is C66H128O6. The van der Waals surface area contributed by atoms with Crippen LogP contribution in [0, 0.1) is 11.8 Å². The molecule has 0 unspecified atom stereocenters. The zero-order valence-corrected chi connectivity index (χ0v) is 49.6. The topological polar surface area (TPSA) is 78.9 Å². The van der Waals surface area contributed by atoms with Crippen molar-refractivity contribution in [2.75, 3.05) is 13.2 Å². The fourth-order valence-electron chi connectivity index (χ4n) is 10.3. The van der Waals surface area contributed by atoms with Gasteiger partial charge in [-0.25, -0.2) is 0 Å². The fraction of sp³-hybridized carbons (Fsp3) is 0.955.